The molecule has 0 radical (unpaired) electrons. The molecule has 0 saturated heterocycles. The Morgan fingerprint density at radius 1 is 0.452 bits per heavy atom. The van der Waals surface area contributed by atoms with Crippen molar-refractivity contribution < 1.29 is 0 Å². The zero-order chi connectivity index (χ0) is 21.6. The van der Waals surface area contributed by atoms with E-state index in [9.17, 15) is 0 Å². The van der Waals surface area contributed by atoms with E-state index < -0.39 is 0 Å². The normalized spacial score (nSPS) is 11.5. The Morgan fingerprint density at radius 2 is 0.806 bits per heavy atom. The highest BCUT2D eigenvalue weighted by atomic mass is 14.3. The predicted octanol–water partition coefficient (Wildman–Crippen LogP) is 8.84. The quantitative estimate of drug-likeness (QED) is 0.232. The van der Waals surface area contributed by atoms with Gasteiger partial charge in [-0.1, -0.05) is 143 Å². The van der Waals surface area contributed by atoms with Crippen LogP contribution >= 0.6 is 0 Å². The van der Waals surface area contributed by atoms with E-state index in [4.69, 9.17) is 0 Å². The van der Waals surface area contributed by atoms with Crippen LogP contribution in [0.5, 0.6) is 0 Å². The summed E-state index contributed by atoms with van der Waals surface area (Å²) < 4.78 is 0. The fourth-order valence-electron chi connectivity index (χ4n) is 5.00. The molecule has 0 aliphatic heterocycles. The summed E-state index contributed by atoms with van der Waals surface area (Å²) in [6.07, 6.45) is 14.3. The molecule has 3 rings (SSSR count). The molecular weight excluding hydrogens is 372 g/mol. The summed E-state index contributed by atoms with van der Waals surface area (Å²) in [4.78, 5) is 0. The first-order chi connectivity index (χ1) is 15.3. The van der Waals surface area contributed by atoms with Crippen LogP contribution in [0, 0.1) is 5.41 Å². The summed E-state index contributed by atoms with van der Waals surface area (Å²) in [6, 6.07) is 33.5. The van der Waals surface area contributed by atoms with Crippen molar-refractivity contribution in [2.75, 3.05) is 0 Å². The molecule has 0 unspecified atom stereocenters. The van der Waals surface area contributed by atoms with E-state index in [0.29, 0.717) is 0 Å². The van der Waals surface area contributed by atoms with E-state index in [1.807, 2.05) is 0 Å². The molecular formula is C31H40. The smallest absolute Gasteiger partial charge is 0.0176 e. The zero-order valence-electron chi connectivity index (χ0n) is 19.4. The summed E-state index contributed by atoms with van der Waals surface area (Å²) in [5, 5.41) is 0. The Labute approximate surface area is 190 Å². The number of benzene rings is 3. The maximum absolute atomic E-state index is 2.31. The van der Waals surface area contributed by atoms with Gasteiger partial charge in [-0.25, -0.2) is 0 Å². The highest BCUT2D eigenvalue weighted by molar-refractivity contribution is 5.24. The molecule has 0 aliphatic rings. The van der Waals surface area contributed by atoms with E-state index in [1.165, 1.54) is 68.1 Å². The second-order valence-corrected chi connectivity index (χ2v) is 9.36. The van der Waals surface area contributed by atoms with E-state index in [2.05, 4.69) is 97.9 Å². The molecule has 0 N–H and O–H groups in total. The molecule has 0 amide bonds. The van der Waals surface area contributed by atoms with Crippen LogP contribution in [0.1, 0.15) is 75.0 Å². The van der Waals surface area contributed by atoms with Crippen molar-refractivity contribution in [1.82, 2.24) is 0 Å². The lowest BCUT2D eigenvalue weighted by atomic mass is 9.69. The molecule has 0 spiro atoms. The van der Waals surface area contributed by atoms with Crippen LogP contribution in [0.3, 0.4) is 0 Å². The van der Waals surface area contributed by atoms with Crippen LogP contribution in [-0.4, -0.2) is 0 Å². The molecule has 3 aromatic rings. The van der Waals surface area contributed by atoms with Crippen LogP contribution in [-0.2, 0) is 19.3 Å². The molecule has 0 nitrogen and oxygen atoms in total. The third kappa shape index (κ3) is 8.37. The standard InChI is InChI=1S/C31H40/c1-2-3-4-5-6-7-17-24-31(25-28-18-11-8-12-19-28,26-29-20-13-9-14-21-29)27-30-22-15-10-16-23-30/h8-16,18-23H,2-7,17,24-27H2,1H3. The van der Waals surface area contributed by atoms with Crippen LogP contribution in [0.25, 0.3) is 0 Å². The molecule has 0 heteroatoms. The highest BCUT2D eigenvalue weighted by Crippen LogP contribution is 2.37. The van der Waals surface area contributed by atoms with Gasteiger partial charge in [0, 0.05) is 0 Å². The maximum Gasteiger partial charge on any atom is -0.0176 e. The summed E-state index contributed by atoms with van der Waals surface area (Å²) in [6.45, 7) is 2.30. The maximum atomic E-state index is 2.31. The second-order valence-electron chi connectivity index (χ2n) is 9.36. The molecule has 0 atom stereocenters. The summed E-state index contributed by atoms with van der Waals surface area (Å²) in [7, 11) is 0. The third-order valence-corrected chi connectivity index (χ3v) is 6.58. The molecule has 164 valence electrons. The van der Waals surface area contributed by atoms with Gasteiger partial charge in [0.1, 0.15) is 0 Å². The molecule has 0 aliphatic carbocycles. The van der Waals surface area contributed by atoms with Crippen molar-refractivity contribution in [2.45, 2.75) is 77.6 Å². The fraction of sp³-hybridized carbons (Fsp3) is 0.419. The number of rotatable bonds is 14. The van der Waals surface area contributed by atoms with Gasteiger partial charge in [0.15, 0.2) is 0 Å². The first-order valence-electron chi connectivity index (χ1n) is 12.4. The summed E-state index contributed by atoms with van der Waals surface area (Å²) in [5.74, 6) is 0. The van der Waals surface area contributed by atoms with Gasteiger partial charge in [-0.2, -0.15) is 0 Å². The Hall–Kier alpha value is -2.34. The van der Waals surface area contributed by atoms with E-state index >= 15 is 0 Å². The Bertz CT molecular complexity index is 718. The highest BCUT2D eigenvalue weighted by Gasteiger charge is 2.30. The Kier molecular flexibility index (Phi) is 9.90. The SMILES string of the molecule is CCCCCCCCCC(Cc1ccccc1)(Cc1ccccc1)Cc1ccccc1. The number of unbranched alkanes of at least 4 members (excludes halogenated alkanes) is 6. The average Bonchev–Trinajstić information content (AvgIpc) is 2.80. The summed E-state index contributed by atoms with van der Waals surface area (Å²) >= 11 is 0. The molecule has 0 saturated carbocycles. The molecule has 0 heterocycles. The minimum absolute atomic E-state index is 0.257. The lowest BCUT2D eigenvalue weighted by Gasteiger charge is -2.35. The van der Waals surface area contributed by atoms with Crippen molar-refractivity contribution in [3.8, 4) is 0 Å². The fourth-order valence-corrected chi connectivity index (χ4v) is 5.00. The Balaban J connectivity index is 1.78. The van der Waals surface area contributed by atoms with E-state index in [0.717, 1.165) is 19.3 Å². The monoisotopic (exact) mass is 412 g/mol. The van der Waals surface area contributed by atoms with Crippen LogP contribution in [0.4, 0.5) is 0 Å². The number of hydrogen-bond acceptors (Lipinski definition) is 0. The first-order valence-corrected chi connectivity index (χ1v) is 12.4. The van der Waals surface area contributed by atoms with Gasteiger partial charge < -0.3 is 0 Å². The number of hydrogen-bond donors (Lipinski definition) is 0. The lowest BCUT2D eigenvalue weighted by Crippen LogP contribution is -2.30. The molecule has 0 fully saturated rings. The second kappa shape index (κ2) is 13.2. The molecule has 0 bridgehead atoms. The van der Waals surface area contributed by atoms with Gasteiger partial charge in [-0.15, -0.1) is 0 Å². The van der Waals surface area contributed by atoms with Gasteiger partial charge in [-0.3, -0.25) is 0 Å². The van der Waals surface area contributed by atoms with Crippen molar-refractivity contribution in [2.24, 2.45) is 5.41 Å². The molecule has 0 aromatic heterocycles. The topological polar surface area (TPSA) is 0 Å². The first kappa shape index (κ1) is 23.3. The molecule has 3 aromatic carbocycles. The third-order valence-electron chi connectivity index (χ3n) is 6.58. The largest absolute Gasteiger partial charge is 0.0654 e. The minimum atomic E-state index is 0.257. The van der Waals surface area contributed by atoms with E-state index in [-0.39, 0.29) is 5.41 Å². The van der Waals surface area contributed by atoms with Crippen LogP contribution in [0.15, 0.2) is 91.0 Å². The van der Waals surface area contributed by atoms with Crippen molar-refractivity contribution >= 4 is 0 Å². The van der Waals surface area contributed by atoms with Gasteiger partial charge in [-0.05, 0) is 47.8 Å². The predicted molar refractivity (Wildman–Crippen MR) is 135 cm³/mol. The van der Waals surface area contributed by atoms with Crippen LogP contribution in [0.2, 0.25) is 0 Å². The van der Waals surface area contributed by atoms with Crippen molar-refractivity contribution in [3.05, 3.63) is 108 Å². The average molecular weight is 413 g/mol. The van der Waals surface area contributed by atoms with Gasteiger partial charge in [0.2, 0.25) is 0 Å². The van der Waals surface area contributed by atoms with Crippen molar-refractivity contribution in [3.63, 3.8) is 0 Å². The lowest BCUT2D eigenvalue weighted by molar-refractivity contribution is 0.243. The molecule has 31 heavy (non-hydrogen) atoms. The van der Waals surface area contributed by atoms with Crippen LogP contribution < -0.4 is 0 Å². The minimum Gasteiger partial charge on any atom is -0.0654 e. The zero-order valence-corrected chi connectivity index (χ0v) is 19.4. The summed E-state index contributed by atoms with van der Waals surface area (Å²) in [5.41, 5.74) is 4.67. The van der Waals surface area contributed by atoms with Gasteiger partial charge in [0.25, 0.3) is 0 Å². The van der Waals surface area contributed by atoms with Gasteiger partial charge in [0.05, 0.1) is 0 Å². The van der Waals surface area contributed by atoms with E-state index in [1.54, 1.807) is 0 Å². The Morgan fingerprint density at radius 3 is 1.19 bits per heavy atom. The van der Waals surface area contributed by atoms with Crippen molar-refractivity contribution in [1.29, 1.82) is 0 Å². The van der Waals surface area contributed by atoms with Gasteiger partial charge >= 0.3 is 0 Å².